The molecule has 23 heavy (non-hydrogen) atoms. The number of phenolic OH excluding ortho intramolecular Hbond substituents is 1. The molecule has 2 N–H and O–H groups in total. The second kappa shape index (κ2) is 6.26. The van der Waals surface area contributed by atoms with Crippen LogP contribution in [0, 0.1) is 0 Å². The lowest BCUT2D eigenvalue weighted by molar-refractivity contribution is 0.0939. The van der Waals surface area contributed by atoms with Crippen LogP contribution >= 0.6 is 11.6 Å². The lowest BCUT2D eigenvalue weighted by Gasteiger charge is -2.16. The van der Waals surface area contributed by atoms with E-state index in [0.29, 0.717) is 16.1 Å². The van der Waals surface area contributed by atoms with Crippen molar-refractivity contribution in [2.75, 3.05) is 0 Å². The fourth-order valence-corrected chi connectivity index (χ4v) is 2.63. The first-order valence-electron chi connectivity index (χ1n) is 7.18. The number of aromatic nitrogens is 1. The topological polar surface area (TPSA) is 62.2 Å². The van der Waals surface area contributed by atoms with Crippen molar-refractivity contribution < 1.29 is 9.90 Å². The van der Waals surface area contributed by atoms with Gasteiger partial charge in [0.15, 0.2) is 0 Å². The minimum Gasteiger partial charge on any atom is -0.508 e. The van der Waals surface area contributed by atoms with Crippen LogP contribution in [0.25, 0.3) is 10.9 Å². The first-order chi connectivity index (χ1) is 11.0. The largest absolute Gasteiger partial charge is 0.508 e. The van der Waals surface area contributed by atoms with Crippen molar-refractivity contribution in [3.8, 4) is 5.75 Å². The molecule has 0 fully saturated rings. The summed E-state index contributed by atoms with van der Waals surface area (Å²) in [5.74, 6) is -0.118. The number of amides is 1. The van der Waals surface area contributed by atoms with E-state index in [1.54, 1.807) is 37.4 Å². The van der Waals surface area contributed by atoms with Crippen LogP contribution in [0.2, 0.25) is 5.02 Å². The second-order valence-corrected chi connectivity index (χ2v) is 5.75. The first kappa shape index (κ1) is 15.3. The maximum Gasteiger partial charge on any atom is 0.251 e. The van der Waals surface area contributed by atoms with E-state index in [0.717, 1.165) is 10.9 Å². The average Bonchev–Trinajstić information content (AvgIpc) is 2.56. The summed E-state index contributed by atoms with van der Waals surface area (Å²) in [6, 6.07) is 13.5. The zero-order chi connectivity index (χ0) is 16.4. The Balaban J connectivity index is 1.83. The number of aromatic hydroxyl groups is 1. The second-order valence-electron chi connectivity index (χ2n) is 5.31. The molecule has 0 saturated carbocycles. The molecule has 1 amide bonds. The Morgan fingerprint density at radius 3 is 2.87 bits per heavy atom. The molecular formula is C18H15ClN2O2. The lowest BCUT2D eigenvalue weighted by Crippen LogP contribution is -2.26. The molecule has 5 heteroatoms. The summed E-state index contributed by atoms with van der Waals surface area (Å²) in [7, 11) is 0. The molecule has 0 aliphatic rings. The van der Waals surface area contributed by atoms with Crippen molar-refractivity contribution in [3.63, 3.8) is 0 Å². The standard InChI is InChI=1S/C18H15ClN2O2/c1-11(15-10-14(19)5-7-17(15)22)21-18(23)13-4-6-16-12(9-13)3-2-8-20-16/h2-11,22H,1H3,(H,21,23). The van der Waals surface area contributed by atoms with Crippen molar-refractivity contribution in [3.05, 3.63) is 70.9 Å². The van der Waals surface area contributed by atoms with E-state index >= 15 is 0 Å². The van der Waals surface area contributed by atoms with Crippen molar-refractivity contribution in [1.82, 2.24) is 10.3 Å². The van der Waals surface area contributed by atoms with Crippen molar-refractivity contribution in [2.24, 2.45) is 0 Å². The number of carbonyl (C=O) groups is 1. The molecule has 116 valence electrons. The van der Waals surface area contributed by atoms with Gasteiger partial charge in [-0.2, -0.15) is 0 Å². The number of carbonyl (C=O) groups excluding carboxylic acids is 1. The number of fused-ring (bicyclic) bond motifs is 1. The summed E-state index contributed by atoms with van der Waals surface area (Å²) < 4.78 is 0. The average molecular weight is 327 g/mol. The molecule has 3 rings (SSSR count). The summed E-state index contributed by atoms with van der Waals surface area (Å²) in [5, 5.41) is 14.2. The van der Waals surface area contributed by atoms with Crippen molar-refractivity contribution >= 4 is 28.4 Å². The zero-order valence-corrected chi connectivity index (χ0v) is 13.2. The SMILES string of the molecule is CC(NC(=O)c1ccc2ncccc2c1)c1cc(Cl)ccc1O. The number of halogens is 1. The molecule has 0 aliphatic carbocycles. The monoisotopic (exact) mass is 326 g/mol. The number of hydrogen-bond acceptors (Lipinski definition) is 3. The predicted octanol–water partition coefficient (Wildman–Crippen LogP) is 4.08. The number of nitrogens with zero attached hydrogens (tertiary/aromatic N) is 1. The maximum atomic E-state index is 12.4. The van der Waals surface area contributed by atoms with Crippen LogP contribution in [-0.2, 0) is 0 Å². The molecule has 0 spiro atoms. The molecular weight excluding hydrogens is 312 g/mol. The number of benzene rings is 2. The highest BCUT2D eigenvalue weighted by Crippen LogP contribution is 2.27. The molecule has 0 saturated heterocycles. The third-order valence-electron chi connectivity index (χ3n) is 3.67. The highest BCUT2D eigenvalue weighted by atomic mass is 35.5. The smallest absolute Gasteiger partial charge is 0.251 e. The molecule has 2 aromatic carbocycles. The number of phenols is 1. The molecule has 0 aliphatic heterocycles. The van der Waals surface area contributed by atoms with Crippen LogP contribution < -0.4 is 5.32 Å². The highest BCUT2D eigenvalue weighted by molar-refractivity contribution is 6.30. The Labute approximate surface area is 138 Å². The Morgan fingerprint density at radius 1 is 1.22 bits per heavy atom. The number of rotatable bonds is 3. The molecule has 4 nitrogen and oxygen atoms in total. The normalized spacial score (nSPS) is 12.1. The number of nitrogens with one attached hydrogen (secondary N) is 1. The Morgan fingerprint density at radius 2 is 2.04 bits per heavy atom. The van der Waals surface area contributed by atoms with Gasteiger partial charge >= 0.3 is 0 Å². The molecule has 1 atom stereocenters. The van der Waals surface area contributed by atoms with Gasteiger partial charge in [-0.1, -0.05) is 17.7 Å². The van der Waals surface area contributed by atoms with E-state index in [9.17, 15) is 9.90 Å². The van der Waals surface area contributed by atoms with E-state index in [4.69, 9.17) is 11.6 Å². The molecule has 0 bridgehead atoms. The van der Waals surface area contributed by atoms with Gasteiger partial charge in [0.1, 0.15) is 5.75 Å². The van der Waals surface area contributed by atoms with E-state index < -0.39 is 0 Å². The van der Waals surface area contributed by atoms with Crippen molar-refractivity contribution in [1.29, 1.82) is 0 Å². The Bertz CT molecular complexity index is 880. The van der Waals surface area contributed by atoms with Gasteiger partial charge in [-0.15, -0.1) is 0 Å². The third kappa shape index (κ3) is 3.27. The minimum atomic E-state index is -0.370. The summed E-state index contributed by atoms with van der Waals surface area (Å²) in [6.07, 6.45) is 1.71. The quantitative estimate of drug-likeness (QED) is 0.762. The third-order valence-corrected chi connectivity index (χ3v) is 3.90. The summed E-state index contributed by atoms with van der Waals surface area (Å²) in [6.45, 7) is 1.80. The van der Waals surface area contributed by atoms with Gasteiger partial charge in [-0.25, -0.2) is 0 Å². The molecule has 1 aromatic heterocycles. The van der Waals surface area contributed by atoms with Gasteiger partial charge in [0.2, 0.25) is 0 Å². The van der Waals surface area contributed by atoms with Gasteiger partial charge in [0, 0.05) is 27.7 Å². The molecule has 0 radical (unpaired) electrons. The van der Waals surface area contributed by atoms with Crippen LogP contribution in [0.15, 0.2) is 54.7 Å². The summed E-state index contributed by atoms with van der Waals surface area (Å²) in [4.78, 5) is 16.7. The van der Waals surface area contributed by atoms with Crippen LogP contribution in [0.5, 0.6) is 5.75 Å². The molecule has 3 aromatic rings. The minimum absolute atomic E-state index is 0.102. The number of pyridine rings is 1. The van der Waals surface area contributed by atoms with Gasteiger partial charge in [-0.3, -0.25) is 9.78 Å². The maximum absolute atomic E-state index is 12.4. The van der Waals surface area contributed by atoms with E-state index in [2.05, 4.69) is 10.3 Å². The van der Waals surface area contributed by atoms with Crippen molar-refractivity contribution in [2.45, 2.75) is 13.0 Å². The van der Waals surface area contributed by atoms with Gasteiger partial charge in [0.25, 0.3) is 5.91 Å². The summed E-state index contributed by atoms with van der Waals surface area (Å²) >= 11 is 5.95. The predicted molar refractivity (Wildman–Crippen MR) is 90.7 cm³/mol. The van der Waals surface area contributed by atoms with Crippen LogP contribution in [-0.4, -0.2) is 16.0 Å². The lowest BCUT2D eigenvalue weighted by atomic mass is 10.1. The fourth-order valence-electron chi connectivity index (χ4n) is 2.45. The Hall–Kier alpha value is -2.59. The first-order valence-corrected chi connectivity index (χ1v) is 7.56. The Kier molecular flexibility index (Phi) is 4.17. The zero-order valence-electron chi connectivity index (χ0n) is 12.5. The van der Waals surface area contributed by atoms with E-state index in [1.807, 2.05) is 18.2 Å². The highest BCUT2D eigenvalue weighted by Gasteiger charge is 2.15. The summed E-state index contributed by atoms with van der Waals surface area (Å²) in [5.41, 5.74) is 1.96. The van der Waals surface area contributed by atoms with E-state index in [-0.39, 0.29) is 17.7 Å². The van der Waals surface area contributed by atoms with E-state index in [1.165, 1.54) is 6.07 Å². The fraction of sp³-hybridized carbons (Fsp3) is 0.111. The van der Waals surface area contributed by atoms with Gasteiger partial charge in [0.05, 0.1) is 11.6 Å². The van der Waals surface area contributed by atoms with Crippen LogP contribution in [0.1, 0.15) is 28.9 Å². The van der Waals surface area contributed by atoms with Crippen LogP contribution in [0.3, 0.4) is 0 Å². The molecule has 1 heterocycles. The number of hydrogen-bond donors (Lipinski definition) is 2. The molecule has 1 unspecified atom stereocenters. The van der Waals surface area contributed by atoms with Gasteiger partial charge in [-0.05, 0) is 49.4 Å². The van der Waals surface area contributed by atoms with Gasteiger partial charge < -0.3 is 10.4 Å². The van der Waals surface area contributed by atoms with Crippen LogP contribution in [0.4, 0.5) is 0 Å².